The lowest BCUT2D eigenvalue weighted by Crippen LogP contribution is -2.37. The van der Waals surface area contributed by atoms with E-state index in [1.165, 1.54) is 5.56 Å². The van der Waals surface area contributed by atoms with E-state index in [0.29, 0.717) is 12.5 Å². The lowest BCUT2D eigenvalue weighted by atomic mass is 9.89. The van der Waals surface area contributed by atoms with Gasteiger partial charge in [-0.15, -0.1) is 5.10 Å². The number of anilines is 2. The molecule has 0 radical (unpaired) electrons. The van der Waals surface area contributed by atoms with Crippen molar-refractivity contribution in [2.75, 3.05) is 36.4 Å². The summed E-state index contributed by atoms with van der Waals surface area (Å²) in [7, 11) is 0. The van der Waals surface area contributed by atoms with Gasteiger partial charge in [0.15, 0.2) is 5.82 Å². The molecule has 35 heavy (non-hydrogen) atoms. The molecule has 1 N–H and O–H groups in total. The molecule has 1 atom stereocenters. The Bertz CT molecular complexity index is 1170. The van der Waals surface area contributed by atoms with Crippen LogP contribution < -0.4 is 10.2 Å². The van der Waals surface area contributed by atoms with Crippen LogP contribution in [-0.2, 0) is 4.79 Å². The van der Waals surface area contributed by atoms with Crippen LogP contribution in [0.1, 0.15) is 46.7 Å². The van der Waals surface area contributed by atoms with E-state index in [1.54, 1.807) is 6.20 Å². The van der Waals surface area contributed by atoms with Crippen molar-refractivity contribution in [2.24, 2.45) is 5.92 Å². The normalized spacial score (nSPS) is 18.5. The molecule has 2 aromatic carbocycles. The van der Waals surface area contributed by atoms with Gasteiger partial charge >= 0.3 is 0 Å². The first-order valence-electron chi connectivity index (χ1n) is 12.4. The molecule has 1 aromatic heterocycles. The van der Waals surface area contributed by atoms with Gasteiger partial charge in [0.1, 0.15) is 0 Å². The van der Waals surface area contributed by atoms with E-state index in [-0.39, 0.29) is 17.7 Å². The average molecular weight is 470 g/mol. The zero-order chi connectivity index (χ0) is 24.2. The van der Waals surface area contributed by atoms with Crippen LogP contribution in [-0.4, -0.2) is 53.1 Å². The van der Waals surface area contributed by atoms with Gasteiger partial charge in [0.05, 0.1) is 5.92 Å². The van der Waals surface area contributed by atoms with Crippen LogP contribution in [0.3, 0.4) is 0 Å². The van der Waals surface area contributed by atoms with Gasteiger partial charge in [-0.25, -0.2) is 0 Å². The summed E-state index contributed by atoms with van der Waals surface area (Å²) in [6.45, 7) is 5.00. The Labute approximate surface area is 206 Å². The molecule has 1 unspecified atom stereocenters. The van der Waals surface area contributed by atoms with Crippen LogP contribution in [0.15, 0.2) is 66.9 Å². The summed E-state index contributed by atoms with van der Waals surface area (Å²) in [5.74, 6) is 1.35. The van der Waals surface area contributed by atoms with Crippen molar-refractivity contribution in [3.63, 3.8) is 0 Å². The quantitative estimate of drug-likeness (QED) is 0.604. The molecule has 3 heterocycles. The number of likely N-dealkylation sites (tertiary alicyclic amines) is 1. The van der Waals surface area contributed by atoms with Crippen molar-refractivity contribution in [3.8, 4) is 0 Å². The fraction of sp³-hybridized carbons (Fsp3) is 0.357. The van der Waals surface area contributed by atoms with Gasteiger partial charge in [-0.05, 0) is 74.1 Å². The molecule has 5 rings (SSSR count). The van der Waals surface area contributed by atoms with Crippen molar-refractivity contribution in [2.45, 2.75) is 32.1 Å². The lowest BCUT2D eigenvalue weighted by Gasteiger charge is -2.32. The van der Waals surface area contributed by atoms with Crippen LogP contribution in [0.5, 0.6) is 0 Å². The highest BCUT2D eigenvalue weighted by Crippen LogP contribution is 2.30. The van der Waals surface area contributed by atoms with E-state index >= 15 is 0 Å². The van der Waals surface area contributed by atoms with Crippen LogP contribution in [0.2, 0.25) is 0 Å². The maximum Gasteiger partial charge on any atom is 0.253 e. The van der Waals surface area contributed by atoms with E-state index in [9.17, 15) is 9.59 Å². The predicted molar refractivity (Wildman–Crippen MR) is 136 cm³/mol. The van der Waals surface area contributed by atoms with Gasteiger partial charge in [-0.3, -0.25) is 9.59 Å². The number of piperidine rings is 1. The standard InChI is InChI=1S/C28H31N5O2/c1-20-4-2-5-23(18-20)28(35)32-15-11-22(12-16-32)21-7-9-25(10-8-21)30-27(34)24-13-17-33(19-24)26-6-3-14-29-31-26/h2-10,14,18,22,24H,11-13,15-17,19H2,1H3,(H,30,34). The molecular formula is C28H31N5O2. The Morgan fingerprint density at radius 2 is 1.74 bits per heavy atom. The molecule has 7 heteroatoms. The number of hydrogen-bond acceptors (Lipinski definition) is 5. The first kappa shape index (κ1) is 23.0. The van der Waals surface area contributed by atoms with Crippen LogP contribution >= 0.6 is 0 Å². The zero-order valence-electron chi connectivity index (χ0n) is 20.1. The fourth-order valence-electron chi connectivity index (χ4n) is 5.10. The molecule has 7 nitrogen and oxygen atoms in total. The molecule has 0 aliphatic carbocycles. The fourth-order valence-corrected chi connectivity index (χ4v) is 5.10. The van der Waals surface area contributed by atoms with E-state index in [1.807, 2.05) is 60.4 Å². The average Bonchev–Trinajstić information content (AvgIpc) is 3.40. The number of aryl methyl sites for hydroxylation is 1. The summed E-state index contributed by atoms with van der Waals surface area (Å²) >= 11 is 0. The summed E-state index contributed by atoms with van der Waals surface area (Å²) in [5, 5.41) is 11.2. The number of nitrogens with one attached hydrogen (secondary N) is 1. The Balaban J connectivity index is 1.12. The van der Waals surface area contributed by atoms with Gasteiger partial charge in [-0.1, -0.05) is 29.8 Å². The number of hydrogen-bond donors (Lipinski definition) is 1. The minimum Gasteiger partial charge on any atom is -0.354 e. The van der Waals surface area contributed by atoms with Crippen molar-refractivity contribution in [3.05, 3.63) is 83.6 Å². The molecule has 2 saturated heterocycles. The van der Waals surface area contributed by atoms with Gasteiger partial charge < -0.3 is 15.1 Å². The highest BCUT2D eigenvalue weighted by atomic mass is 16.2. The molecule has 0 saturated carbocycles. The molecule has 2 amide bonds. The second-order valence-corrected chi connectivity index (χ2v) is 9.56. The van der Waals surface area contributed by atoms with E-state index in [2.05, 4.69) is 32.5 Å². The highest BCUT2D eigenvalue weighted by molar-refractivity contribution is 5.94. The first-order valence-corrected chi connectivity index (χ1v) is 12.4. The minimum atomic E-state index is -0.0630. The van der Waals surface area contributed by atoms with Crippen LogP contribution in [0.4, 0.5) is 11.5 Å². The van der Waals surface area contributed by atoms with Gasteiger partial charge in [0.25, 0.3) is 5.91 Å². The lowest BCUT2D eigenvalue weighted by molar-refractivity contribution is -0.119. The van der Waals surface area contributed by atoms with E-state index in [4.69, 9.17) is 0 Å². The highest BCUT2D eigenvalue weighted by Gasteiger charge is 2.29. The molecule has 0 spiro atoms. The van der Waals surface area contributed by atoms with Gasteiger partial charge in [0, 0.05) is 43.6 Å². The van der Waals surface area contributed by atoms with Crippen LogP contribution in [0, 0.1) is 12.8 Å². The molecule has 180 valence electrons. The number of rotatable bonds is 5. The SMILES string of the molecule is Cc1cccc(C(=O)N2CCC(c3ccc(NC(=O)C4CCN(c5cccnn5)C4)cc3)CC2)c1. The summed E-state index contributed by atoms with van der Waals surface area (Å²) < 4.78 is 0. The van der Waals surface area contributed by atoms with Gasteiger partial charge in [0.2, 0.25) is 5.91 Å². The molecule has 3 aromatic rings. The first-order chi connectivity index (χ1) is 17.1. The summed E-state index contributed by atoms with van der Waals surface area (Å²) in [6, 6.07) is 19.8. The van der Waals surface area contributed by atoms with Crippen LogP contribution in [0.25, 0.3) is 0 Å². The zero-order valence-corrected chi connectivity index (χ0v) is 20.1. The predicted octanol–water partition coefficient (Wildman–Crippen LogP) is 4.27. The van der Waals surface area contributed by atoms with E-state index < -0.39 is 0 Å². The second kappa shape index (κ2) is 10.3. The number of nitrogens with zero attached hydrogens (tertiary/aromatic N) is 4. The Kier molecular flexibility index (Phi) is 6.75. The number of benzene rings is 2. The monoisotopic (exact) mass is 469 g/mol. The second-order valence-electron chi connectivity index (χ2n) is 9.56. The maximum atomic E-state index is 12.8. The molecule has 2 aliphatic heterocycles. The number of amides is 2. The van der Waals surface area contributed by atoms with Gasteiger partial charge in [-0.2, -0.15) is 5.10 Å². The Morgan fingerprint density at radius 1 is 0.943 bits per heavy atom. The molecule has 2 fully saturated rings. The summed E-state index contributed by atoms with van der Waals surface area (Å²) in [4.78, 5) is 29.7. The van der Waals surface area contributed by atoms with Crippen molar-refractivity contribution < 1.29 is 9.59 Å². The number of carbonyl (C=O) groups is 2. The third kappa shape index (κ3) is 5.34. The van der Waals surface area contributed by atoms with Crippen molar-refractivity contribution in [1.82, 2.24) is 15.1 Å². The third-order valence-electron chi connectivity index (χ3n) is 7.14. The maximum absolute atomic E-state index is 12.8. The summed E-state index contributed by atoms with van der Waals surface area (Å²) in [5.41, 5.74) is 3.96. The Morgan fingerprint density at radius 3 is 2.46 bits per heavy atom. The van der Waals surface area contributed by atoms with Crippen molar-refractivity contribution >= 4 is 23.3 Å². The third-order valence-corrected chi connectivity index (χ3v) is 7.14. The molecule has 0 bridgehead atoms. The minimum absolute atomic E-state index is 0.0482. The summed E-state index contributed by atoms with van der Waals surface area (Å²) in [6.07, 6.45) is 4.36. The topological polar surface area (TPSA) is 78.4 Å². The van der Waals surface area contributed by atoms with E-state index in [0.717, 1.165) is 61.5 Å². The molecule has 2 aliphatic rings. The number of carbonyl (C=O) groups excluding carboxylic acids is 2. The smallest absolute Gasteiger partial charge is 0.253 e. The van der Waals surface area contributed by atoms with Crippen molar-refractivity contribution in [1.29, 1.82) is 0 Å². The Hall–Kier alpha value is -3.74. The molecular weight excluding hydrogens is 438 g/mol. The largest absolute Gasteiger partial charge is 0.354 e. The number of aromatic nitrogens is 2.